The fourth-order valence-corrected chi connectivity index (χ4v) is 2.81. The maximum Gasteiger partial charge on any atom is 0.271 e. The molecule has 26 heavy (non-hydrogen) atoms. The third kappa shape index (κ3) is 4.60. The lowest BCUT2D eigenvalue weighted by Crippen LogP contribution is -2.19. The van der Waals surface area contributed by atoms with E-state index in [-0.39, 0.29) is 4.90 Å². The Bertz CT molecular complexity index is 935. The second-order valence-corrected chi connectivity index (χ2v) is 7.52. The molecule has 0 heterocycles. The summed E-state index contributed by atoms with van der Waals surface area (Å²) in [6.07, 6.45) is 1.15. The van der Waals surface area contributed by atoms with E-state index in [1.807, 2.05) is 0 Å². The van der Waals surface area contributed by atoms with Gasteiger partial charge in [0.1, 0.15) is 0 Å². The lowest BCUT2D eigenvalue weighted by atomic mass is 10.1. The quantitative estimate of drug-likeness (QED) is 0.616. The number of carbonyl (C=O) groups is 1. The van der Waals surface area contributed by atoms with Gasteiger partial charge in [-0.3, -0.25) is 4.79 Å². The number of nitrogens with one attached hydrogen (secondary N) is 1. The Morgan fingerprint density at radius 2 is 1.54 bits per heavy atom. The zero-order valence-corrected chi connectivity index (χ0v) is 15.8. The van der Waals surface area contributed by atoms with Crippen LogP contribution in [-0.2, 0) is 9.84 Å². The first-order chi connectivity index (χ1) is 12.3. The average molecular weight is 376 g/mol. The first-order valence-corrected chi connectivity index (χ1v) is 9.52. The number of benzene rings is 2. The van der Waals surface area contributed by atoms with Crippen LogP contribution in [0.25, 0.3) is 0 Å². The van der Waals surface area contributed by atoms with Crippen LogP contribution in [0.4, 0.5) is 0 Å². The topological polar surface area (TPSA) is 94.1 Å². The largest absolute Gasteiger partial charge is 0.493 e. The van der Waals surface area contributed by atoms with Crippen LogP contribution in [-0.4, -0.2) is 40.5 Å². The molecule has 0 aromatic heterocycles. The molecule has 0 aliphatic rings. The SMILES string of the molecule is COc1ccc(C(=O)NN=C(C)c2ccc(S(C)(=O)=O)cc2)cc1OC. The van der Waals surface area contributed by atoms with Crippen molar-refractivity contribution in [2.45, 2.75) is 11.8 Å². The number of sulfone groups is 1. The molecule has 1 amide bonds. The fraction of sp³-hybridized carbons (Fsp3) is 0.222. The second-order valence-electron chi connectivity index (χ2n) is 5.50. The molecule has 1 N–H and O–H groups in total. The predicted molar refractivity (Wildman–Crippen MR) is 98.8 cm³/mol. The van der Waals surface area contributed by atoms with Gasteiger partial charge in [-0.25, -0.2) is 13.8 Å². The average Bonchev–Trinajstić information content (AvgIpc) is 2.64. The molecule has 2 aromatic carbocycles. The number of rotatable bonds is 6. The number of nitrogens with zero attached hydrogens (tertiary/aromatic N) is 1. The molecule has 0 spiro atoms. The number of hydrogen-bond donors (Lipinski definition) is 1. The highest BCUT2D eigenvalue weighted by Crippen LogP contribution is 2.27. The Hall–Kier alpha value is -2.87. The van der Waals surface area contributed by atoms with Crippen LogP contribution < -0.4 is 14.9 Å². The molecular formula is C18H20N2O5S. The van der Waals surface area contributed by atoms with Crippen molar-refractivity contribution in [3.05, 3.63) is 53.6 Å². The minimum atomic E-state index is -3.25. The Labute approximate surface area is 152 Å². The van der Waals surface area contributed by atoms with Gasteiger partial charge < -0.3 is 9.47 Å². The van der Waals surface area contributed by atoms with Crippen LogP contribution in [0.15, 0.2) is 52.5 Å². The summed E-state index contributed by atoms with van der Waals surface area (Å²) in [7, 11) is -0.249. The number of carbonyl (C=O) groups excluding carboxylic acids is 1. The van der Waals surface area contributed by atoms with E-state index < -0.39 is 15.7 Å². The number of hydrazone groups is 1. The Morgan fingerprint density at radius 3 is 2.08 bits per heavy atom. The van der Waals surface area contributed by atoms with Gasteiger partial charge in [0.2, 0.25) is 0 Å². The van der Waals surface area contributed by atoms with Crippen molar-refractivity contribution in [2.75, 3.05) is 20.5 Å². The first kappa shape index (κ1) is 19.5. The maximum absolute atomic E-state index is 12.2. The van der Waals surface area contributed by atoms with Crippen molar-refractivity contribution >= 4 is 21.5 Å². The van der Waals surface area contributed by atoms with Gasteiger partial charge in [0.15, 0.2) is 21.3 Å². The van der Waals surface area contributed by atoms with E-state index in [1.165, 1.54) is 26.4 Å². The molecule has 0 unspecified atom stereocenters. The standard InChI is InChI=1S/C18H20N2O5S/c1-12(13-5-8-15(9-6-13)26(4,22)23)19-20-18(21)14-7-10-16(24-2)17(11-14)25-3/h5-11H,1-4H3,(H,20,21). The van der Waals surface area contributed by atoms with Gasteiger partial charge in [-0.05, 0) is 42.8 Å². The summed E-state index contributed by atoms with van der Waals surface area (Å²) in [5.41, 5.74) is 4.07. The van der Waals surface area contributed by atoms with Crippen molar-refractivity contribution in [1.29, 1.82) is 0 Å². The van der Waals surface area contributed by atoms with Crippen LogP contribution in [0.1, 0.15) is 22.8 Å². The Kier molecular flexibility index (Phi) is 5.99. The smallest absolute Gasteiger partial charge is 0.271 e. The number of hydrogen-bond acceptors (Lipinski definition) is 6. The van der Waals surface area contributed by atoms with E-state index in [0.717, 1.165) is 6.26 Å². The summed E-state index contributed by atoms with van der Waals surface area (Å²) in [5, 5.41) is 4.06. The second kappa shape index (κ2) is 8.01. The number of amides is 1. The molecule has 2 aromatic rings. The molecular weight excluding hydrogens is 356 g/mol. The summed E-state index contributed by atoms with van der Waals surface area (Å²) in [6, 6.07) is 11.1. The third-order valence-corrected chi connectivity index (χ3v) is 4.80. The molecule has 7 nitrogen and oxygen atoms in total. The van der Waals surface area contributed by atoms with Gasteiger partial charge in [0, 0.05) is 11.8 Å². The van der Waals surface area contributed by atoms with Crippen molar-refractivity contribution in [3.8, 4) is 11.5 Å². The van der Waals surface area contributed by atoms with Crippen LogP contribution in [0.5, 0.6) is 11.5 Å². The Morgan fingerprint density at radius 1 is 0.962 bits per heavy atom. The van der Waals surface area contributed by atoms with Crippen LogP contribution >= 0.6 is 0 Å². The third-order valence-electron chi connectivity index (χ3n) is 3.67. The van der Waals surface area contributed by atoms with E-state index in [1.54, 1.807) is 37.3 Å². The number of methoxy groups -OCH3 is 2. The van der Waals surface area contributed by atoms with E-state index in [4.69, 9.17) is 9.47 Å². The monoisotopic (exact) mass is 376 g/mol. The lowest BCUT2D eigenvalue weighted by molar-refractivity contribution is 0.0954. The highest BCUT2D eigenvalue weighted by molar-refractivity contribution is 7.90. The van der Waals surface area contributed by atoms with Crippen molar-refractivity contribution in [2.24, 2.45) is 5.10 Å². The van der Waals surface area contributed by atoms with Gasteiger partial charge in [-0.2, -0.15) is 5.10 Å². The normalized spacial score (nSPS) is 11.8. The molecule has 0 aliphatic heterocycles. The van der Waals surface area contributed by atoms with Crippen molar-refractivity contribution in [3.63, 3.8) is 0 Å². The molecule has 0 saturated carbocycles. The zero-order valence-electron chi connectivity index (χ0n) is 14.9. The number of ether oxygens (including phenoxy) is 2. The van der Waals surface area contributed by atoms with Crippen LogP contribution in [0.2, 0.25) is 0 Å². The summed E-state index contributed by atoms with van der Waals surface area (Å²) in [6.45, 7) is 1.71. The molecule has 0 aliphatic carbocycles. The predicted octanol–water partition coefficient (Wildman–Crippen LogP) is 2.26. The lowest BCUT2D eigenvalue weighted by Gasteiger charge is -2.09. The molecule has 2 rings (SSSR count). The molecule has 0 atom stereocenters. The maximum atomic E-state index is 12.2. The highest BCUT2D eigenvalue weighted by Gasteiger charge is 2.11. The van der Waals surface area contributed by atoms with Crippen molar-refractivity contribution < 1.29 is 22.7 Å². The molecule has 0 saturated heterocycles. The summed E-state index contributed by atoms with van der Waals surface area (Å²) >= 11 is 0. The van der Waals surface area contributed by atoms with Crippen LogP contribution in [0.3, 0.4) is 0 Å². The van der Waals surface area contributed by atoms with E-state index >= 15 is 0 Å². The highest BCUT2D eigenvalue weighted by atomic mass is 32.2. The van der Waals surface area contributed by atoms with Gasteiger partial charge in [0.05, 0.1) is 24.8 Å². The Balaban J connectivity index is 2.14. The fourth-order valence-electron chi connectivity index (χ4n) is 2.18. The molecule has 0 fully saturated rings. The van der Waals surface area contributed by atoms with E-state index in [0.29, 0.717) is 28.3 Å². The van der Waals surface area contributed by atoms with Gasteiger partial charge >= 0.3 is 0 Å². The van der Waals surface area contributed by atoms with Crippen LogP contribution in [0, 0.1) is 0 Å². The van der Waals surface area contributed by atoms with E-state index in [2.05, 4.69) is 10.5 Å². The minimum absolute atomic E-state index is 0.225. The molecule has 138 valence electrons. The minimum Gasteiger partial charge on any atom is -0.493 e. The zero-order chi connectivity index (χ0) is 19.3. The summed E-state index contributed by atoms with van der Waals surface area (Å²) < 4.78 is 33.3. The summed E-state index contributed by atoms with van der Waals surface area (Å²) in [4.78, 5) is 12.5. The van der Waals surface area contributed by atoms with Gasteiger partial charge in [0.25, 0.3) is 5.91 Å². The molecule has 0 bridgehead atoms. The van der Waals surface area contributed by atoms with Gasteiger partial charge in [-0.15, -0.1) is 0 Å². The molecule has 0 radical (unpaired) electrons. The van der Waals surface area contributed by atoms with Gasteiger partial charge in [-0.1, -0.05) is 12.1 Å². The van der Waals surface area contributed by atoms with E-state index in [9.17, 15) is 13.2 Å². The summed E-state index contributed by atoms with van der Waals surface area (Å²) in [5.74, 6) is 0.560. The molecule has 8 heteroatoms. The van der Waals surface area contributed by atoms with Crippen molar-refractivity contribution in [1.82, 2.24) is 5.43 Å². The first-order valence-electron chi connectivity index (χ1n) is 7.63.